The maximum Gasteiger partial charge on any atom is 0.276 e. The lowest BCUT2D eigenvalue weighted by Crippen LogP contribution is -2.23. The molecule has 126 valence electrons. The standard InChI is InChI=1S/C18H14BrN3O3/c1-22-17(23)11-10-16(21-22)18(24)20-13-4-8-15(9-5-13)25-14-6-2-12(19)3-7-14/h2-11H,1H3,(H,20,24). The van der Waals surface area contributed by atoms with E-state index in [0.29, 0.717) is 11.4 Å². The molecule has 0 saturated carbocycles. The van der Waals surface area contributed by atoms with Gasteiger partial charge in [0.1, 0.15) is 17.2 Å². The van der Waals surface area contributed by atoms with Gasteiger partial charge in [0.25, 0.3) is 11.5 Å². The normalized spacial score (nSPS) is 10.3. The van der Waals surface area contributed by atoms with E-state index in [-0.39, 0.29) is 11.3 Å². The summed E-state index contributed by atoms with van der Waals surface area (Å²) in [4.78, 5) is 23.5. The van der Waals surface area contributed by atoms with Crippen molar-refractivity contribution in [2.24, 2.45) is 7.05 Å². The Balaban J connectivity index is 1.67. The van der Waals surface area contributed by atoms with Crippen molar-refractivity contribution in [3.05, 3.63) is 81.2 Å². The summed E-state index contributed by atoms with van der Waals surface area (Å²) in [6.07, 6.45) is 0. The minimum absolute atomic E-state index is 0.164. The molecule has 0 spiro atoms. The van der Waals surface area contributed by atoms with Gasteiger partial charge >= 0.3 is 0 Å². The molecule has 3 aromatic rings. The van der Waals surface area contributed by atoms with Gasteiger partial charge in [-0.05, 0) is 54.6 Å². The third-order valence-electron chi connectivity index (χ3n) is 3.35. The second kappa shape index (κ2) is 7.31. The molecule has 3 rings (SSSR count). The predicted octanol–water partition coefficient (Wildman–Crippen LogP) is 3.59. The van der Waals surface area contributed by atoms with Crippen LogP contribution in [0.5, 0.6) is 11.5 Å². The highest BCUT2D eigenvalue weighted by molar-refractivity contribution is 9.10. The first kappa shape index (κ1) is 16.9. The molecule has 6 nitrogen and oxygen atoms in total. The number of hydrogen-bond donors (Lipinski definition) is 1. The predicted molar refractivity (Wildman–Crippen MR) is 98.1 cm³/mol. The van der Waals surface area contributed by atoms with Gasteiger partial charge in [0.2, 0.25) is 0 Å². The first-order valence-electron chi connectivity index (χ1n) is 7.40. The number of aryl methyl sites for hydroxylation is 1. The van der Waals surface area contributed by atoms with Crippen LogP contribution in [0.4, 0.5) is 5.69 Å². The van der Waals surface area contributed by atoms with Gasteiger partial charge in [-0.25, -0.2) is 4.68 Å². The number of hydrogen-bond acceptors (Lipinski definition) is 4. The summed E-state index contributed by atoms with van der Waals surface area (Å²) in [5.74, 6) is 0.979. The Kier molecular flexibility index (Phi) is 4.95. The molecule has 0 unspecified atom stereocenters. The van der Waals surface area contributed by atoms with Gasteiger partial charge in [-0.3, -0.25) is 9.59 Å². The summed E-state index contributed by atoms with van der Waals surface area (Å²) in [5.41, 5.74) is 0.493. The van der Waals surface area contributed by atoms with Crippen LogP contribution in [0.25, 0.3) is 0 Å². The van der Waals surface area contributed by atoms with E-state index in [1.54, 1.807) is 24.3 Å². The Morgan fingerprint density at radius 3 is 2.20 bits per heavy atom. The van der Waals surface area contributed by atoms with Crippen molar-refractivity contribution >= 4 is 27.5 Å². The molecule has 1 N–H and O–H groups in total. The van der Waals surface area contributed by atoms with E-state index in [9.17, 15) is 9.59 Å². The van der Waals surface area contributed by atoms with Gasteiger partial charge in [0.15, 0.2) is 0 Å². The minimum Gasteiger partial charge on any atom is -0.457 e. The van der Waals surface area contributed by atoms with Crippen molar-refractivity contribution in [3.8, 4) is 11.5 Å². The molecule has 0 saturated heterocycles. The van der Waals surface area contributed by atoms with Gasteiger partial charge in [0, 0.05) is 23.3 Å². The Bertz CT molecular complexity index is 951. The summed E-state index contributed by atoms with van der Waals surface area (Å²) < 4.78 is 7.81. The molecule has 0 atom stereocenters. The molecule has 0 fully saturated rings. The number of benzene rings is 2. The number of carbonyl (C=O) groups excluding carboxylic acids is 1. The molecule has 1 amide bonds. The molecule has 1 aromatic heterocycles. The molecule has 1 heterocycles. The van der Waals surface area contributed by atoms with E-state index in [1.165, 1.54) is 19.2 Å². The number of rotatable bonds is 4. The second-order valence-corrected chi connectivity index (χ2v) is 6.13. The van der Waals surface area contributed by atoms with E-state index in [4.69, 9.17) is 4.74 Å². The zero-order valence-electron chi connectivity index (χ0n) is 13.3. The van der Waals surface area contributed by atoms with Crippen LogP contribution in [0, 0.1) is 0 Å². The highest BCUT2D eigenvalue weighted by Gasteiger charge is 2.09. The van der Waals surface area contributed by atoms with E-state index < -0.39 is 5.91 Å². The van der Waals surface area contributed by atoms with Gasteiger partial charge < -0.3 is 10.1 Å². The average molecular weight is 400 g/mol. The minimum atomic E-state index is -0.392. The lowest BCUT2D eigenvalue weighted by atomic mass is 10.2. The van der Waals surface area contributed by atoms with Crippen LogP contribution >= 0.6 is 15.9 Å². The van der Waals surface area contributed by atoms with Crippen molar-refractivity contribution in [1.82, 2.24) is 9.78 Å². The molecular formula is C18H14BrN3O3. The van der Waals surface area contributed by atoms with Crippen molar-refractivity contribution in [3.63, 3.8) is 0 Å². The van der Waals surface area contributed by atoms with Crippen LogP contribution < -0.4 is 15.6 Å². The number of carbonyl (C=O) groups is 1. The molecule has 0 bridgehead atoms. The molecule has 0 aliphatic heterocycles. The van der Waals surface area contributed by atoms with Crippen molar-refractivity contribution in [1.29, 1.82) is 0 Å². The Morgan fingerprint density at radius 2 is 1.60 bits per heavy atom. The van der Waals surface area contributed by atoms with E-state index >= 15 is 0 Å². The van der Waals surface area contributed by atoms with Crippen molar-refractivity contribution < 1.29 is 9.53 Å². The van der Waals surface area contributed by atoms with Crippen LogP contribution in [-0.4, -0.2) is 15.7 Å². The number of amides is 1. The SMILES string of the molecule is Cn1nc(C(=O)Nc2ccc(Oc3ccc(Br)cc3)cc2)ccc1=O. The third kappa shape index (κ3) is 4.33. The average Bonchev–Trinajstić information content (AvgIpc) is 2.61. The molecular weight excluding hydrogens is 386 g/mol. The third-order valence-corrected chi connectivity index (χ3v) is 3.88. The second-order valence-electron chi connectivity index (χ2n) is 5.21. The van der Waals surface area contributed by atoms with Crippen LogP contribution in [0.15, 0.2) is 69.9 Å². The summed E-state index contributed by atoms with van der Waals surface area (Å²) >= 11 is 3.37. The van der Waals surface area contributed by atoms with Gasteiger partial charge in [0.05, 0.1) is 0 Å². The van der Waals surface area contributed by atoms with E-state index in [0.717, 1.165) is 14.9 Å². The summed E-state index contributed by atoms with van der Waals surface area (Å²) in [6.45, 7) is 0. The zero-order valence-corrected chi connectivity index (χ0v) is 14.9. The summed E-state index contributed by atoms with van der Waals surface area (Å²) in [5, 5.41) is 6.64. The van der Waals surface area contributed by atoms with Crippen LogP contribution in [0.2, 0.25) is 0 Å². The molecule has 0 aliphatic carbocycles. The summed E-state index contributed by atoms with van der Waals surface area (Å²) in [6, 6.07) is 17.2. The lowest BCUT2D eigenvalue weighted by molar-refractivity contribution is 0.102. The highest BCUT2D eigenvalue weighted by Crippen LogP contribution is 2.24. The maximum absolute atomic E-state index is 12.2. The topological polar surface area (TPSA) is 73.2 Å². The number of nitrogens with zero attached hydrogens (tertiary/aromatic N) is 2. The van der Waals surface area contributed by atoms with Crippen LogP contribution in [0.1, 0.15) is 10.5 Å². The Hall–Kier alpha value is -2.93. The van der Waals surface area contributed by atoms with Crippen LogP contribution in [-0.2, 0) is 7.05 Å². The summed E-state index contributed by atoms with van der Waals surface area (Å²) in [7, 11) is 1.49. The Morgan fingerprint density at radius 1 is 1.00 bits per heavy atom. The molecule has 7 heteroatoms. The molecule has 0 aliphatic rings. The number of nitrogens with one attached hydrogen (secondary N) is 1. The maximum atomic E-state index is 12.2. The molecule has 25 heavy (non-hydrogen) atoms. The molecule has 2 aromatic carbocycles. The van der Waals surface area contributed by atoms with Gasteiger partial charge in [-0.2, -0.15) is 5.10 Å². The fraction of sp³-hybridized carbons (Fsp3) is 0.0556. The number of halogens is 1. The quantitative estimate of drug-likeness (QED) is 0.727. The zero-order chi connectivity index (χ0) is 17.8. The Labute approximate surface area is 152 Å². The number of ether oxygens (including phenoxy) is 1. The van der Waals surface area contributed by atoms with Crippen molar-refractivity contribution in [2.45, 2.75) is 0 Å². The van der Waals surface area contributed by atoms with E-state index in [1.807, 2.05) is 24.3 Å². The monoisotopic (exact) mass is 399 g/mol. The molecule has 0 radical (unpaired) electrons. The van der Waals surface area contributed by atoms with Gasteiger partial charge in [-0.15, -0.1) is 0 Å². The highest BCUT2D eigenvalue weighted by atomic mass is 79.9. The van der Waals surface area contributed by atoms with Crippen molar-refractivity contribution in [2.75, 3.05) is 5.32 Å². The first-order chi connectivity index (χ1) is 12.0. The van der Waals surface area contributed by atoms with Crippen LogP contribution in [0.3, 0.4) is 0 Å². The number of aromatic nitrogens is 2. The fourth-order valence-electron chi connectivity index (χ4n) is 2.06. The number of anilines is 1. The lowest BCUT2D eigenvalue weighted by Gasteiger charge is -2.08. The van der Waals surface area contributed by atoms with E-state index in [2.05, 4.69) is 26.3 Å². The fourth-order valence-corrected chi connectivity index (χ4v) is 2.33. The smallest absolute Gasteiger partial charge is 0.276 e. The first-order valence-corrected chi connectivity index (χ1v) is 8.20. The van der Waals surface area contributed by atoms with Gasteiger partial charge in [-0.1, -0.05) is 15.9 Å². The largest absolute Gasteiger partial charge is 0.457 e.